The maximum absolute atomic E-state index is 15.7. The number of fused-ring (bicyclic) bond motifs is 1. The smallest absolute Gasteiger partial charge is 0.272 e. The van der Waals surface area contributed by atoms with Gasteiger partial charge in [0.15, 0.2) is 11.6 Å². The van der Waals surface area contributed by atoms with Gasteiger partial charge in [-0.2, -0.15) is 9.49 Å². The summed E-state index contributed by atoms with van der Waals surface area (Å²) < 4.78 is 38.2. The summed E-state index contributed by atoms with van der Waals surface area (Å²) in [6.45, 7) is 5.52. The van der Waals surface area contributed by atoms with Crippen molar-refractivity contribution in [3.8, 4) is 16.9 Å². The lowest BCUT2D eigenvalue weighted by atomic mass is 9.96. The van der Waals surface area contributed by atoms with Crippen LogP contribution in [0.2, 0.25) is 0 Å². The third-order valence-corrected chi connectivity index (χ3v) is 6.84. The van der Waals surface area contributed by atoms with Crippen LogP contribution in [0.25, 0.3) is 16.7 Å². The van der Waals surface area contributed by atoms with Gasteiger partial charge in [0.2, 0.25) is 5.82 Å². The molecule has 7 nitrogen and oxygen atoms in total. The molecule has 0 bridgehead atoms. The maximum atomic E-state index is 15.7. The fourth-order valence-electron chi connectivity index (χ4n) is 4.72. The Balaban J connectivity index is 1.52. The van der Waals surface area contributed by atoms with Crippen molar-refractivity contribution in [3.63, 3.8) is 0 Å². The lowest BCUT2D eigenvalue weighted by Crippen LogP contribution is -2.42. The summed E-state index contributed by atoms with van der Waals surface area (Å²) in [4.78, 5) is 14.8. The number of hydrogen-bond donors (Lipinski definition) is 2. The maximum Gasteiger partial charge on any atom is 0.272 e. The number of β-amino-alcohol motifs (C(OH)–C–C–N with tert-alkyl or cyclic N) is 1. The molecule has 2 aliphatic rings. The summed E-state index contributed by atoms with van der Waals surface area (Å²) in [5.74, 6) is -2.45. The number of aliphatic hydroxyl groups is 1. The number of rotatable bonds is 8. The van der Waals surface area contributed by atoms with Crippen LogP contribution < -0.4 is 10.1 Å². The van der Waals surface area contributed by atoms with E-state index in [0.717, 1.165) is 5.56 Å². The third-order valence-electron chi connectivity index (χ3n) is 6.84. The van der Waals surface area contributed by atoms with Crippen LogP contribution in [0.1, 0.15) is 47.1 Å². The fraction of sp³-hybridized carbons (Fsp3) is 0.310. The first-order valence-corrected chi connectivity index (χ1v) is 12.7. The van der Waals surface area contributed by atoms with Crippen LogP contribution in [0.4, 0.5) is 8.78 Å². The molecular weight excluding hydrogens is 490 g/mol. The van der Waals surface area contributed by atoms with Crippen molar-refractivity contribution in [2.45, 2.75) is 32.9 Å². The second kappa shape index (κ2) is 10.8. The molecule has 1 amide bonds. The van der Waals surface area contributed by atoms with E-state index in [1.54, 1.807) is 17.0 Å². The fourth-order valence-corrected chi connectivity index (χ4v) is 4.72. The van der Waals surface area contributed by atoms with Crippen LogP contribution in [-0.4, -0.2) is 51.9 Å². The second-order valence-corrected chi connectivity index (χ2v) is 9.64. The predicted octanol–water partition coefficient (Wildman–Crippen LogP) is 4.48. The number of nitrogens with one attached hydrogen (secondary N) is 1. The standard InChI is InChI=1S/C29H30F2N4O3/c1-18(2)20-5-3-19(4-6-20)17-38-23-8-7-22(25(30)26(23)31)24-27(21-9-11-32-12-10-21)33-35-14-13-34(15-16-36)29(37)28(24)35/h3-11,18,32,36H,12-17H2,1-2H3. The van der Waals surface area contributed by atoms with Crippen molar-refractivity contribution in [1.82, 2.24) is 20.0 Å². The first-order valence-electron chi connectivity index (χ1n) is 12.7. The molecule has 0 radical (unpaired) electrons. The van der Waals surface area contributed by atoms with Crippen molar-refractivity contribution in [1.29, 1.82) is 0 Å². The number of dihydropyridines is 1. The first-order chi connectivity index (χ1) is 18.4. The zero-order chi connectivity index (χ0) is 26.8. The van der Waals surface area contributed by atoms with Crippen molar-refractivity contribution in [2.24, 2.45) is 0 Å². The summed E-state index contributed by atoms with van der Waals surface area (Å²) in [7, 11) is 0. The molecule has 9 heteroatoms. The van der Waals surface area contributed by atoms with Crippen molar-refractivity contribution >= 4 is 11.5 Å². The molecule has 0 unspecified atom stereocenters. The van der Waals surface area contributed by atoms with Gasteiger partial charge in [0.05, 0.1) is 13.2 Å². The molecule has 0 spiro atoms. The molecule has 2 N–H and O–H groups in total. The van der Waals surface area contributed by atoms with E-state index in [4.69, 9.17) is 4.74 Å². The molecule has 3 heterocycles. The quantitative estimate of drug-likeness (QED) is 0.458. The van der Waals surface area contributed by atoms with Gasteiger partial charge in [0.1, 0.15) is 18.0 Å². The number of aromatic nitrogens is 2. The largest absolute Gasteiger partial charge is 0.486 e. The molecular formula is C29H30F2N4O3. The molecule has 3 aromatic rings. The second-order valence-electron chi connectivity index (χ2n) is 9.64. The minimum absolute atomic E-state index is 0.0700. The van der Waals surface area contributed by atoms with Gasteiger partial charge in [-0.1, -0.05) is 44.2 Å². The van der Waals surface area contributed by atoms with Gasteiger partial charge in [-0.05, 0) is 41.5 Å². The highest BCUT2D eigenvalue weighted by molar-refractivity contribution is 6.03. The molecule has 0 aliphatic carbocycles. The molecule has 0 fully saturated rings. The lowest BCUT2D eigenvalue weighted by molar-refractivity contribution is 0.0662. The Labute approximate surface area is 220 Å². The van der Waals surface area contributed by atoms with Gasteiger partial charge in [0, 0.05) is 36.3 Å². The number of amides is 1. The van der Waals surface area contributed by atoms with Crippen LogP contribution >= 0.6 is 0 Å². The van der Waals surface area contributed by atoms with Gasteiger partial charge in [-0.25, -0.2) is 4.39 Å². The predicted molar refractivity (Wildman–Crippen MR) is 141 cm³/mol. The minimum Gasteiger partial charge on any atom is -0.486 e. The van der Waals surface area contributed by atoms with E-state index in [-0.39, 0.29) is 48.2 Å². The molecule has 198 valence electrons. The van der Waals surface area contributed by atoms with Crippen LogP contribution in [0.3, 0.4) is 0 Å². The zero-order valence-electron chi connectivity index (χ0n) is 21.4. The normalized spacial score (nSPS) is 14.9. The van der Waals surface area contributed by atoms with E-state index in [1.807, 2.05) is 30.3 Å². The SMILES string of the molecule is CC(C)c1ccc(COc2ccc(-c3c(C4=CCNC=C4)nn4c3C(=O)N(CCO)CC4)c(F)c2F)cc1. The average molecular weight is 521 g/mol. The Hall–Kier alpha value is -3.98. The number of hydrogen-bond acceptors (Lipinski definition) is 5. The minimum atomic E-state index is -1.13. The van der Waals surface area contributed by atoms with E-state index >= 15 is 8.78 Å². The number of benzene rings is 2. The highest BCUT2D eigenvalue weighted by Gasteiger charge is 2.34. The molecule has 0 saturated heterocycles. The monoisotopic (exact) mass is 520 g/mol. The number of aliphatic hydroxyl groups excluding tert-OH is 1. The number of nitrogens with zero attached hydrogens (tertiary/aromatic N) is 3. The van der Waals surface area contributed by atoms with E-state index in [0.29, 0.717) is 36.8 Å². The summed E-state index contributed by atoms with van der Waals surface area (Å²) in [5, 5.41) is 17.1. The van der Waals surface area contributed by atoms with Gasteiger partial charge in [0.25, 0.3) is 5.91 Å². The summed E-state index contributed by atoms with van der Waals surface area (Å²) in [6, 6.07) is 10.6. The summed E-state index contributed by atoms with van der Waals surface area (Å²) in [5.41, 5.74) is 3.44. The number of halogens is 2. The number of ether oxygens (including phenoxy) is 1. The summed E-state index contributed by atoms with van der Waals surface area (Å²) >= 11 is 0. The van der Waals surface area contributed by atoms with Crippen molar-refractivity contribution in [2.75, 3.05) is 26.2 Å². The molecule has 1 aromatic heterocycles. The molecule has 2 aromatic carbocycles. The Bertz CT molecular complexity index is 1410. The molecule has 0 saturated carbocycles. The third kappa shape index (κ3) is 4.81. The van der Waals surface area contributed by atoms with Gasteiger partial charge in [-0.3, -0.25) is 9.48 Å². The molecule has 5 rings (SSSR count). The Morgan fingerprint density at radius 1 is 1.11 bits per heavy atom. The van der Waals surface area contributed by atoms with Gasteiger partial charge in [-0.15, -0.1) is 0 Å². The highest BCUT2D eigenvalue weighted by atomic mass is 19.2. The van der Waals surface area contributed by atoms with Crippen LogP contribution in [-0.2, 0) is 13.2 Å². The summed E-state index contributed by atoms with van der Waals surface area (Å²) in [6.07, 6.45) is 5.41. The highest BCUT2D eigenvalue weighted by Crippen LogP contribution is 2.38. The van der Waals surface area contributed by atoms with E-state index in [2.05, 4.69) is 24.3 Å². The number of allylic oxidation sites excluding steroid dienone is 2. The average Bonchev–Trinajstić information content (AvgIpc) is 3.32. The Kier molecular flexibility index (Phi) is 7.28. The molecule has 38 heavy (non-hydrogen) atoms. The van der Waals surface area contributed by atoms with Crippen LogP contribution in [0.15, 0.2) is 54.8 Å². The van der Waals surface area contributed by atoms with Gasteiger partial charge >= 0.3 is 0 Å². The van der Waals surface area contributed by atoms with Gasteiger partial charge < -0.3 is 20.1 Å². The topological polar surface area (TPSA) is 79.6 Å². The first kappa shape index (κ1) is 25.7. The molecule has 2 aliphatic heterocycles. The van der Waals surface area contributed by atoms with Crippen molar-refractivity contribution in [3.05, 3.63) is 88.9 Å². The van der Waals surface area contributed by atoms with Crippen LogP contribution in [0, 0.1) is 11.6 Å². The van der Waals surface area contributed by atoms with E-state index < -0.39 is 11.6 Å². The number of carbonyl (C=O) groups is 1. The zero-order valence-corrected chi connectivity index (χ0v) is 21.4. The lowest BCUT2D eigenvalue weighted by Gasteiger charge is -2.27. The number of carbonyl (C=O) groups excluding carboxylic acids is 1. The van der Waals surface area contributed by atoms with Crippen molar-refractivity contribution < 1.29 is 23.4 Å². The molecule has 0 atom stereocenters. The Morgan fingerprint density at radius 3 is 2.58 bits per heavy atom. The van der Waals surface area contributed by atoms with E-state index in [9.17, 15) is 9.90 Å². The Morgan fingerprint density at radius 2 is 1.89 bits per heavy atom. The van der Waals surface area contributed by atoms with E-state index in [1.165, 1.54) is 22.6 Å². The van der Waals surface area contributed by atoms with Crippen LogP contribution in [0.5, 0.6) is 5.75 Å².